The third-order valence-corrected chi connectivity index (χ3v) is 2.90. The molecule has 21 heavy (non-hydrogen) atoms. The number of nitro benzene ring substituents is 1. The number of hydrogen-bond donors (Lipinski definition) is 0. The molecule has 0 saturated carbocycles. The molecule has 0 fully saturated rings. The zero-order valence-electron chi connectivity index (χ0n) is 12.5. The monoisotopic (exact) mass is 294 g/mol. The summed E-state index contributed by atoms with van der Waals surface area (Å²) in [5.74, 6) is -1.17. The van der Waals surface area contributed by atoms with Gasteiger partial charge in [0.1, 0.15) is 12.1 Å². The number of ether oxygens (including phenoxy) is 1. The van der Waals surface area contributed by atoms with Gasteiger partial charge in [-0.25, -0.2) is 0 Å². The molecule has 0 heterocycles. The van der Waals surface area contributed by atoms with Gasteiger partial charge in [-0.2, -0.15) is 0 Å². The van der Waals surface area contributed by atoms with E-state index in [4.69, 9.17) is 0 Å². The van der Waals surface area contributed by atoms with Crippen molar-refractivity contribution in [2.45, 2.75) is 26.3 Å². The van der Waals surface area contributed by atoms with E-state index in [1.807, 2.05) is 0 Å². The summed E-state index contributed by atoms with van der Waals surface area (Å²) in [6, 6.07) is 5.65. The summed E-state index contributed by atoms with van der Waals surface area (Å²) in [6.07, 6.45) is 0. The van der Waals surface area contributed by atoms with Crippen molar-refractivity contribution in [3.63, 3.8) is 0 Å². The average molecular weight is 294 g/mol. The lowest BCUT2D eigenvalue weighted by Gasteiger charge is -2.34. The molecule has 1 aromatic carbocycles. The van der Waals surface area contributed by atoms with E-state index in [-0.39, 0.29) is 17.8 Å². The minimum Gasteiger partial charge on any atom is -0.468 e. The zero-order chi connectivity index (χ0) is 16.2. The second-order valence-corrected chi connectivity index (χ2v) is 5.41. The number of rotatable bonds is 4. The van der Waals surface area contributed by atoms with E-state index in [1.54, 1.807) is 26.8 Å². The van der Waals surface area contributed by atoms with Gasteiger partial charge in [0, 0.05) is 11.6 Å². The second-order valence-electron chi connectivity index (χ2n) is 5.41. The van der Waals surface area contributed by atoms with Gasteiger partial charge in [0.05, 0.1) is 12.0 Å². The highest BCUT2D eigenvalue weighted by Crippen LogP contribution is 2.23. The van der Waals surface area contributed by atoms with Gasteiger partial charge >= 0.3 is 5.97 Å². The van der Waals surface area contributed by atoms with Gasteiger partial charge in [0.25, 0.3) is 11.6 Å². The number of nitro groups is 1. The first-order chi connectivity index (χ1) is 9.68. The van der Waals surface area contributed by atoms with Crippen LogP contribution in [0.3, 0.4) is 0 Å². The molecule has 0 saturated heterocycles. The summed E-state index contributed by atoms with van der Waals surface area (Å²) in [6.45, 7) is 4.94. The molecule has 1 amide bonds. The number of para-hydroxylation sites is 1. The lowest BCUT2D eigenvalue weighted by atomic mass is 10.0. The number of esters is 1. The van der Waals surface area contributed by atoms with E-state index in [9.17, 15) is 19.7 Å². The molecule has 0 aliphatic rings. The lowest BCUT2D eigenvalue weighted by molar-refractivity contribution is -0.385. The summed E-state index contributed by atoms with van der Waals surface area (Å²) < 4.78 is 4.57. The summed E-state index contributed by atoms with van der Waals surface area (Å²) in [4.78, 5) is 35.7. The molecular formula is C14H18N2O5. The molecule has 7 heteroatoms. The molecule has 0 aliphatic heterocycles. The molecule has 114 valence electrons. The average Bonchev–Trinajstić information content (AvgIpc) is 2.42. The third kappa shape index (κ3) is 4.01. The molecule has 0 bridgehead atoms. The van der Waals surface area contributed by atoms with Crippen molar-refractivity contribution >= 4 is 17.6 Å². The van der Waals surface area contributed by atoms with Crippen molar-refractivity contribution in [2.75, 3.05) is 13.7 Å². The van der Waals surface area contributed by atoms with Crippen LogP contribution in [0, 0.1) is 10.1 Å². The van der Waals surface area contributed by atoms with Crippen molar-refractivity contribution in [3.8, 4) is 0 Å². The van der Waals surface area contributed by atoms with Gasteiger partial charge in [-0.05, 0) is 26.8 Å². The highest BCUT2D eigenvalue weighted by atomic mass is 16.6. The minimum atomic E-state index is -0.686. The molecule has 0 aliphatic carbocycles. The van der Waals surface area contributed by atoms with Crippen molar-refractivity contribution in [3.05, 3.63) is 39.9 Å². The van der Waals surface area contributed by atoms with Gasteiger partial charge in [-0.3, -0.25) is 19.7 Å². The van der Waals surface area contributed by atoms with E-state index in [0.717, 1.165) is 0 Å². The van der Waals surface area contributed by atoms with Crippen LogP contribution in [0.2, 0.25) is 0 Å². The summed E-state index contributed by atoms with van der Waals surface area (Å²) in [5.41, 5.74) is -1.03. The molecule has 0 N–H and O–H groups in total. The number of hydrogen-bond acceptors (Lipinski definition) is 5. The van der Waals surface area contributed by atoms with Crippen molar-refractivity contribution in [2.24, 2.45) is 0 Å². The minimum absolute atomic E-state index is 0.0543. The fraction of sp³-hybridized carbons (Fsp3) is 0.429. The molecular weight excluding hydrogens is 276 g/mol. The molecule has 1 aromatic rings. The predicted molar refractivity (Wildman–Crippen MR) is 75.9 cm³/mol. The van der Waals surface area contributed by atoms with Crippen LogP contribution in [0.5, 0.6) is 0 Å². The van der Waals surface area contributed by atoms with Crippen LogP contribution < -0.4 is 0 Å². The van der Waals surface area contributed by atoms with Crippen LogP contribution in [0.15, 0.2) is 24.3 Å². The first-order valence-electron chi connectivity index (χ1n) is 6.30. The predicted octanol–water partition coefficient (Wildman–Crippen LogP) is 2.01. The zero-order valence-corrected chi connectivity index (χ0v) is 12.5. The first-order valence-corrected chi connectivity index (χ1v) is 6.30. The fourth-order valence-electron chi connectivity index (χ4n) is 1.77. The quantitative estimate of drug-likeness (QED) is 0.481. The highest BCUT2D eigenvalue weighted by Gasteiger charge is 2.32. The summed E-state index contributed by atoms with van der Waals surface area (Å²) in [7, 11) is 1.22. The van der Waals surface area contributed by atoms with Gasteiger partial charge in [0.2, 0.25) is 0 Å². The van der Waals surface area contributed by atoms with E-state index in [2.05, 4.69) is 4.74 Å². The Balaban J connectivity index is 3.24. The standard InChI is InChI=1S/C14H18N2O5/c1-14(2,3)15(9-12(17)21-4)13(18)10-7-5-6-8-11(10)16(19)20/h5-8H,9H2,1-4H3. The van der Waals surface area contributed by atoms with E-state index in [0.29, 0.717) is 0 Å². The molecule has 7 nitrogen and oxygen atoms in total. The summed E-state index contributed by atoms with van der Waals surface area (Å²) >= 11 is 0. The SMILES string of the molecule is COC(=O)CN(C(=O)c1ccccc1[N+](=O)[O-])C(C)(C)C. The van der Waals surface area contributed by atoms with E-state index < -0.39 is 22.3 Å². The van der Waals surface area contributed by atoms with Crippen molar-refractivity contribution < 1.29 is 19.2 Å². The van der Waals surface area contributed by atoms with Crippen LogP contribution in [0.1, 0.15) is 31.1 Å². The maximum atomic E-state index is 12.6. The topological polar surface area (TPSA) is 89.8 Å². The molecule has 1 rings (SSSR count). The van der Waals surface area contributed by atoms with Crippen LogP contribution in [-0.2, 0) is 9.53 Å². The first kappa shape index (κ1) is 16.6. The van der Waals surface area contributed by atoms with Gasteiger partial charge in [-0.1, -0.05) is 12.1 Å². The Labute approximate surface area is 122 Å². The highest BCUT2D eigenvalue weighted by molar-refractivity contribution is 5.99. The smallest absolute Gasteiger partial charge is 0.325 e. The van der Waals surface area contributed by atoms with Crippen LogP contribution in [-0.4, -0.2) is 40.9 Å². The number of carbonyl (C=O) groups is 2. The molecule has 0 radical (unpaired) electrons. The Morgan fingerprint density at radius 3 is 2.33 bits per heavy atom. The number of benzene rings is 1. The Kier molecular flexibility index (Phi) is 5.02. The number of carbonyl (C=O) groups excluding carboxylic acids is 2. The number of amides is 1. The fourth-order valence-corrected chi connectivity index (χ4v) is 1.77. The van der Waals surface area contributed by atoms with E-state index >= 15 is 0 Å². The van der Waals surface area contributed by atoms with Crippen molar-refractivity contribution in [1.82, 2.24) is 4.90 Å². The maximum Gasteiger partial charge on any atom is 0.325 e. The Hall–Kier alpha value is -2.44. The van der Waals surface area contributed by atoms with Crippen molar-refractivity contribution in [1.29, 1.82) is 0 Å². The molecule has 0 spiro atoms. The van der Waals surface area contributed by atoms with Gasteiger partial charge in [0.15, 0.2) is 0 Å². The number of nitrogens with zero attached hydrogens (tertiary/aromatic N) is 2. The summed E-state index contributed by atoms with van der Waals surface area (Å²) in [5, 5.41) is 11.0. The van der Waals surface area contributed by atoms with Crippen LogP contribution in [0.25, 0.3) is 0 Å². The van der Waals surface area contributed by atoms with E-state index in [1.165, 1.54) is 30.2 Å². The Morgan fingerprint density at radius 2 is 1.86 bits per heavy atom. The maximum absolute atomic E-state index is 12.6. The van der Waals surface area contributed by atoms with Crippen LogP contribution >= 0.6 is 0 Å². The van der Waals surface area contributed by atoms with Crippen LogP contribution in [0.4, 0.5) is 5.69 Å². The largest absolute Gasteiger partial charge is 0.468 e. The molecule has 0 atom stereocenters. The lowest BCUT2D eigenvalue weighted by Crippen LogP contribution is -2.48. The molecule has 0 aromatic heterocycles. The Morgan fingerprint density at radius 1 is 1.29 bits per heavy atom. The number of methoxy groups -OCH3 is 1. The molecule has 0 unspecified atom stereocenters. The van der Waals surface area contributed by atoms with Gasteiger partial charge in [-0.15, -0.1) is 0 Å². The Bertz CT molecular complexity index is 563. The third-order valence-electron chi connectivity index (χ3n) is 2.90. The van der Waals surface area contributed by atoms with Gasteiger partial charge < -0.3 is 9.64 Å². The normalized spacial score (nSPS) is 10.9. The second kappa shape index (κ2) is 6.34.